The number of nitrogens with two attached hydrogens (primary N) is 2. The van der Waals surface area contributed by atoms with Gasteiger partial charge in [0.2, 0.25) is 0 Å². The number of ether oxygens (including phenoxy) is 1. The van der Waals surface area contributed by atoms with E-state index in [0.29, 0.717) is 22.7 Å². The van der Waals surface area contributed by atoms with Crippen LogP contribution in [0.5, 0.6) is 5.75 Å². The predicted octanol–water partition coefficient (Wildman–Crippen LogP) is 3.49. The molecule has 106 valence electrons. The van der Waals surface area contributed by atoms with Crippen molar-refractivity contribution in [1.82, 2.24) is 0 Å². The molecule has 0 fully saturated rings. The van der Waals surface area contributed by atoms with E-state index in [1.165, 1.54) is 24.3 Å². The lowest BCUT2D eigenvalue weighted by atomic mass is 10.2. The van der Waals surface area contributed by atoms with Crippen molar-refractivity contribution < 1.29 is 17.9 Å². The first kappa shape index (κ1) is 13.9. The average Bonchev–Trinajstić information content (AvgIpc) is 2.35. The lowest BCUT2D eigenvalue weighted by Gasteiger charge is -2.11. The van der Waals surface area contributed by atoms with E-state index in [4.69, 9.17) is 11.5 Å². The number of halogens is 3. The molecule has 2 rings (SSSR count). The molecule has 0 aliphatic rings. The molecule has 0 bridgehead atoms. The summed E-state index contributed by atoms with van der Waals surface area (Å²) in [7, 11) is 0. The Morgan fingerprint density at radius 1 is 0.850 bits per heavy atom. The fourth-order valence-corrected chi connectivity index (χ4v) is 1.56. The molecule has 2 aromatic carbocycles. The second-order valence-corrected chi connectivity index (χ2v) is 4.04. The van der Waals surface area contributed by atoms with E-state index in [9.17, 15) is 13.2 Å². The highest BCUT2D eigenvalue weighted by molar-refractivity contribution is 5.72. The molecular formula is C13H12F3N3O. The first-order valence-corrected chi connectivity index (χ1v) is 5.61. The molecule has 0 aromatic heterocycles. The standard InChI is InChI=1S/C13H12F3N3O/c14-13(15,16)20-10-4-1-8(2-5-10)19-9-3-6-11(17)12(18)7-9/h1-7,19H,17-18H2. The molecule has 0 aliphatic heterocycles. The first-order valence-electron chi connectivity index (χ1n) is 5.61. The molecule has 20 heavy (non-hydrogen) atoms. The topological polar surface area (TPSA) is 73.3 Å². The molecular weight excluding hydrogens is 271 g/mol. The summed E-state index contributed by atoms with van der Waals surface area (Å²) >= 11 is 0. The largest absolute Gasteiger partial charge is 0.573 e. The van der Waals surface area contributed by atoms with Gasteiger partial charge in [-0.05, 0) is 42.5 Å². The van der Waals surface area contributed by atoms with Crippen LogP contribution in [0.2, 0.25) is 0 Å². The van der Waals surface area contributed by atoms with E-state index in [-0.39, 0.29) is 5.75 Å². The highest BCUT2D eigenvalue weighted by Gasteiger charge is 2.30. The number of rotatable bonds is 3. The summed E-state index contributed by atoms with van der Waals surface area (Å²) in [6.07, 6.45) is -4.69. The Labute approximate surface area is 113 Å². The van der Waals surface area contributed by atoms with E-state index in [1.807, 2.05) is 0 Å². The molecule has 0 saturated carbocycles. The molecule has 7 heteroatoms. The molecule has 0 saturated heterocycles. The van der Waals surface area contributed by atoms with Crippen LogP contribution < -0.4 is 21.5 Å². The number of hydrogen-bond donors (Lipinski definition) is 3. The van der Waals surface area contributed by atoms with Gasteiger partial charge in [-0.2, -0.15) is 0 Å². The third kappa shape index (κ3) is 3.71. The fourth-order valence-electron chi connectivity index (χ4n) is 1.56. The van der Waals surface area contributed by atoms with Crippen molar-refractivity contribution in [2.24, 2.45) is 0 Å². The molecule has 0 atom stereocenters. The maximum atomic E-state index is 12.0. The molecule has 0 unspecified atom stereocenters. The molecule has 0 amide bonds. The number of anilines is 4. The summed E-state index contributed by atoms with van der Waals surface area (Å²) in [5, 5.41) is 2.99. The van der Waals surface area contributed by atoms with Crippen LogP contribution >= 0.6 is 0 Å². The van der Waals surface area contributed by atoms with Crippen molar-refractivity contribution in [3.05, 3.63) is 42.5 Å². The second-order valence-electron chi connectivity index (χ2n) is 4.04. The number of alkyl halides is 3. The molecule has 5 N–H and O–H groups in total. The van der Waals surface area contributed by atoms with Crippen molar-refractivity contribution in [2.75, 3.05) is 16.8 Å². The summed E-state index contributed by atoms with van der Waals surface area (Å²) in [5.74, 6) is -0.278. The predicted molar refractivity (Wildman–Crippen MR) is 71.7 cm³/mol. The minimum absolute atomic E-state index is 0.278. The van der Waals surface area contributed by atoms with Gasteiger partial charge in [0.05, 0.1) is 11.4 Å². The van der Waals surface area contributed by atoms with Gasteiger partial charge in [0, 0.05) is 11.4 Å². The van der Waals surface area contributed by atoms with Crippen LogP contribution in [0, 0.1) is 0 Å². The molecule has 2 aromatic rings. The third-order valence-corrected chi connectivity index (χ3v) is 2.46. The van der Waals surface area contributed by atoms with E-state index in [2.05, 4.69) is 10.1 Å². The summed E-state index contributed by atoms with van der Waals surface area (Å²) in [4.78, 5) is 0. The molecule has 0 heterocycles. The number of nitrogen functional groups attached to an aromatic ring is 2. The van der Waals surface area contributed by atoms with Crippen molar-refractivity contribution in [1.29, 1.82) is 0 Å². The van der Waals surface area contributed by atoms with Gasteiger partial charge in [0.1, 0.15) is 5.75 Å². The zero-order chi connectivity index (χ0) is 14.8. The van der Waals surface area contributed by atoms with E-state index < -0.39 is 6.36 Å². The lowest BCUT2D eigenvalue weighted by Crippen LogP contribution is -2.16. The van der Waals surface area contributed by atoms with Crippen LogP contribution in [-0.4, -0.2) is 6.36 Å². The van der Waals surface area contributed by atoms with Crippen molar-refractivity contribution in [3.8, 4) is 5.75 Å². The smallest absolute Gasteiger partial charge is 0.406 e. The van der Waals surface area contributed by atoms with Gasteiger partial charge >= 0.3 is 6.36 Å². The van der Waals surface area contributed by atoms with Crippen molar-refractivity contribution in [3.63, 3.8) is 0 Å². The monoisotopic (exact) mass is 283 g/mol. The Bertz CT molecular complexity index is 597. The number of nitrogens with one attached hydrogen (secondary N) is 1. The summed E-state index contributed by atoms with van der Waals surface area (Å²) in [6, 6.07) is 10.4. The first-order chi connectivity index (χ1) is 9.33. The van der Waals surface area contributed by atoms with Crippen LogP contribution in [0.15, 0.2) is 42.5 Å². The molecule has 0 radical (unpaired) electrons. The number of hydrogen-bond acceptors (Lipinski definition) is 4. The SMILES string of the molecule is Nc1ccc(Nc2ccc(OC(F)(F)F)cc2)cc1N. The van der Waals surface area contributed by atoms with Gasteiger partial charge in [-0.15, -0.1) is 13.2 Å². The van der Waals surface area contributed by atoms with Crippen LogP contribution in [0.3, 0.4) is 0 Å². The highest BCUT2D eigenvalue weighted by Crippen LogP contribution is 2.26. The van der Waals surface area contributed by atoms with Crippen molar-refractivity contribution >= 4 is 22.7 Å². The molecule has 0 aliphatic carbocycles. The van der Waals surface area contributed by atoms with E-state index in [0.717, 1.165) is 0 Å². The molecule has 4 nitrogen and oxygen atoms in total. The minimum Gasteiger partial charge on any atom is -0.406 e. The van der Waals surface area contributed by atoms with Gasteiger partial charge < -0.3 is 21.5 Å². The Kier molecular flexibility index (Phi) is 3.60. The number of benzene rings is 2. The normalized spacial score (nSPS) is 11.2. The van der Waals surface area contributed by atoms with Crippen LogP contribution in [0.25, 0.3) is 0 Å². The maximum Gasteiger partial charge on any atom is 0.573 e. The summed E-state index contributed by atoms with van der Waals surface area (Å²) in [6.45, 7) is 0. The van der Waals surface area contributed by atoms with Gasteiger partial charge in [-0.3, -0.25) is 0 Å². The maximum absolute atomic E-state index is 12.0. The van der Waals surface area contributed by atoms with Crippen LogP contribution in [0.4, 0.5) is 35.9 Å². The zero-order valence-electron chi connectivity index (χ0n) is 10.2. The lowest BCUT2D eigenvalue weighted by molar-refractivity contribution is -0.274. The van der Waals surface area contributed by atoms with Gasteiger partial charge in [0.15, 0.2) is 0 Å². The van der Waals surface area contributed by atoms with Crippen LogP contribution in [0.1, 0.15) is 0 Å². The van der Waals surface area contributed by atoms with Gasteiger partial charge in [0.25, 0.3) is 0 Å². The highest BCUT2D eigenvalue weighted by atomic mass is 19.4. The van der Waals surface area contributed by atoms with Crippen molar-refractivity contribution in [2.45, 2.75) is 6.36 Å². The zero-order valence-corrected chi connectivity index (χ0v) is 10.2. The van der Waals surface area contributed by atoms with E-state index in [1.54, 1.807) is 18.2 Å². The second kappa shape index (κ2) is 5.20. The summed E-state index contributed by atoms with van der Waals surface area (Å²) in [5.41, 5.74) is 13.4. The Morgan fingerprint density at radius 3 is 2.00 bits per heavy atom. The Hall–Kier alpha value is -2.57. The minimum atomic E-state index is -4.69. The third-order valence-electron chi connectivity index (χ3n) is 2.46. The fraction of sp³-hybridized carbons (Fsp3) is 0.0769. The Morgan fingerprint density at radius 2 is 1.45 bits per heavy atom. The van der Waals surface area contributed by atoms with Gasteiger partial charge in [-0.1, -0.05) is 0 Å². The molecule has 0 spiro atoms. The van der Waals surface area contributed by atoms with Gasteiger partial charge in [-0.25, -0.2) is 0 Å². The van der Waals surface area contributed by atoms with Crippen LogP contribution in [-0.2, 0) is 0 Å². The Balaban J connectivity index is 2.08. The summed E-state index contributed by atoms with van der Waals surface area (Å²) < 4.78 is 39.8. The quantitative estimate of drug-likeness (QED) is 0.754. The average molecular weight is 283 g/mol. The van der Waals surface area contributed by atoms with E-state index >= 15 is 0 Å².